The highest BCUT2D eigenvalue weighted by Gasteiger charge is 2.22. The van der Waals surface area contributed by atoms with E-state index in [-0.39, 0.29) is 6.10 Å². The van der Waals surface area contributed by atoms with Gasteiger partial charge in [-0.1, -0.05) is 19.1 Å². The van der Waals surface area contributed by atoms with Crippen molar-refractivity contribution in [3.05, 3.63) is 48.2 Å². The Balaban J connectivity index is 0.000000242. The van der Waals surface area contributed by atoms with Crippen molar-refractivity contribution >= 4 is 22.8 Å². The zero-order valence-electron chi connectivity index (χ0n) is 14.0. The molecule has 3 rings (SSSR count). The normalized spacial score (nSPS) is 18.0. The Morgan fingerprint density at radius 2 is 2.00 bits per heavy atom. The van der Waals surface area contributed by atoms with Crippen LogP contribution in [0.5, 0.6) is 0 Å². The number of likely N-dealkylation sites (N-methyl/N-ethyl adjacent to an activating group) is 1. The van der Waals surface area contributed by atoms with Crippen LogP contribution in [0.1, 0.15) is 18.6 Å². The second kappa shape index (κ2) is 9.00. The van der Waals surface area contributed by atoms with Crippen LogP contribution in [0.25, 0.3) is 10.9 Å². The highest BCUT2D eigenvalue weighted by atomic mass is 16.5. The van der Waals surface area contributed by atoms with E-state index in [0.29, 0.717) is 12.2 Å². The largest absolute Gasteiger partial charge is 0.478 e. The highest BCUT2D eigenvalue weighted by molar-refractivity contribution is 5.89. The zero-order chi connectivity index (χ0) is 18.2. The third kappa shape index (κ3) is 5.44. The number of aliphatic carboxylic acids is 2. The zero-order valence-corrected chi connectivity index (χ0v) is 14.0. The summed E-state index contributed by atoms with van der Waals surface area (Å²) in [5.74, 6) is -2.51. The Bertz CT molecular complexity index is 737. The van der Waals surface area contributed by atoms with Crippen molar-refractivity contribution in [2.45, 2.75) is 13.0 Å². The number of nitrogens with one attached hydrogen (secondary N) is 1. The fourth-order valence-electron chi connectivity index (χ4n) is 2.71. The van der Waals surface area contributed by atoms with E-state index in [0.717, 1.165) is 26.2 Å². The maximum Gasteiger partial charge on any atom is 0.328 e. The molecule has 1 aromatic carbocycles. The van der Waals surface area contributed by atoms with Crippen molar-refractivity contribution in [2.75, 3.05) is 26.2 Å². The molecule has 1 unspecified atom stereocenters. The SMILES string of the molecule is CCN1CCOC(c2cccc3[nH]ccc23)C1.O=C(O)C=CC(=O)O. The third-order valence-corrected chi connectivity index (χ3v) is 3.94. The molecule has 1 aliphatic rings. The van der Waals surface area contributed by atoms with Gasteiger partial charge in [-0.05, 0) is 24.2 Å². The summed E-state index contributed by atoms with van der Waals surface area (Å²) in [6.07, 6.45) is 3.32. The molecule has 1 saturated heterocycles. The van der Waals surface area contributed by atoms with Crippen LogP contribution in [-0.4, -0.2) is 58.3 Å². The monoisotopic (exact) mass is 346 g/mol. The van der Waals surface area contributed by atoms with Gasteiger partial charge in [0.05, 0.1) is 12.7 Å². The Morgan fingerprint density at radius 1 is 1.28 bits per heavy atom. The summed E-state index contributed by atoms with van der Waals surface area (Å²) in [5.41, 5.74) is 2.50. The van der Waals surface area contributed by atoms with Crippen molar-refractivity contribution in [3.8, 4) is 0 Å². The van der Waals surface area contributed by atoms with Crippen LogP contribution < -0.4 is 0 Å². The first-order chi connectivity index (χ1) is 12.0. The van der Waals surface area contributed by atoms with Crippen LogP contribution in [0.2, 0.25) is 0 Å². The van der Waals surface area contributed by atoms with Crippen molar-refractivity contribution < 1.29 is 24.5 Å². The lowest BCUT2D eigenvalue weighted by atomic mass is 10.0. The van der Waals surface area contributed by atoms with E-state index >= 15 is 0 Å². The molecule has 0 amide bonds. The minimum atomic E-state index is -1.26. The topological polar surface area (TPSA) is 103 Å². The average Bonchev–Trinajstić information content (AvgIpc) is 3.09. The van der Waals surface area contributed by atoms with Gasteiger partial charge in [0.2, 0.25) is 0 Å². The van der Waals surface area contributed by atoms with Crippen LogP contribution in [0, 0.1) is 0 Å². The van der Waals surface area contributed by atoms with E-state index < -0.39 is 11.9 Å². The lowest BCUT2D eigenvalue weighted by Gasteiger charge is -2.32. The molecule has 134 valence electrons. The number of carbonyl (C=O) groups is 2. The first-order valence-corrected chi connectivity index (χ1v) is 8.05. The number of carboxylic acid groups (broad SMARTS) is 2. The summed E-state index contributed by atoms with van der Waals surface area (Å²) in [4.78, 5) is 24.8. The van der Waals surface area contributed by atoms with Gasteiger partial charge in [-0.15, -0.1) is 0 Å². The smallest absolute Gasteiger partial charge is 0.328 e. The summed E-state index contributed by atoms with van der Waals surface area (Å²) in [6, 6.07) is 8.53. The van der Waals surface area contributed by atoms with Crippen LogP contribution in [-0.2, 0) is 14.3 Å². The highest BCUT2D eigenvalue weighted by Crippen LogP contribution is 2.28. The van der Waals surface area contributed by atoms with E-state index in [4.69, 9.17) is 14.9 Å². The van der Waals surface area contributed by atoms with Gasteiger partial charge >= 0.3 is 11.9 Å². The van der Waals surface area contributed by atoms with Gasteiger partial charge in [0, 0.05) is 42.3 Å². The number of aromatic amines is 1. The number of hydrogen-bond acceptors (Lipinski definition) is 4. The van der Waals surface area contributed by atoms with E-state index in [1.165, 1.54) is 16.5 Å². The maximum absolute atomic E-state index is 9.55. The number of benzene rings is 1. The van der Waals surface area contributed by atoms with E-state index in [9.17, 15) is 9.59 Å². The Hall–Kier alpha value is -2.64. The molecule has 1 aromatic heterocycles. The van der Waals surface area contributed by atoms with Crippen molar-refractivity contribution in [1.82, 2.24) is 9.88 Å². The molecule has 1 atom stereocenters. The molecule has 0 radical (unpaired) electrons. The van der Waals surface area contributed by atoms with Crippen LogP contribution in [0.3, 0.4) is 0 Å². The van der Waals surface area contributed by atoms with Gasteiger partial charge < -0.3 is 19.9 Å². The van der Waals surface area contributed by atoms with E-state index in [2.05, 4.69) is 41.1 Å². The fraction of sp³-hybridized carbons (Fsp3) is 0.333. The second-order valence-corrected chi connectivity index (χ2v) is 5.55. The molecule has 0 spiro atoms. The number of rotatable bonds is 4. The Kier molecular flexibility index (Phi) is 6.73. The number of morpholine rings is 1. The first kappa shape index (κ1) is 18.7. The van der Waals surface area contributed by atoms with Gasteiger partial charge in [-0.25, -0.2) is 9.59 Å². The minimum Gasteiger partial charge on any atom is -0.478 e. The number of hydrogen-bond donors (Lipinski definition) is 3. The molecule has 1 fully saturated rings. The third-order valence-electron chi connectivity index (χ3n) is 3.94. The molecular weight excluding hydrogens is 324 g/mol. The summed E-state index contributed by atoms with van der Waals surface area (Å²) in [7, 11) is 0. The molecule has 0 aliphatic carbocycles. The molecule has 25 heavy (non-hydrogen) atoms. The standard InChI is InChI=1S/C14H18N2O.C4H4O4/c1-2-16-8-9-17-14(10-16)12-4-3-5-13-11(12)6-7-15-13;5-3(6)1-2-4(7)8/h3-7,14-15H,2,8-10H2,1H3;1-2H,(H,5,6)(H,7,8). The molecule has 2 aromatic rings. The number of nitrogens with zero attached hydrogens (tertiary/aromatic N) is 1. The van der Waals surface area contributed by atoms with Crippen molar-refractivity contribution in [1.29, 1.82) is 0 Å². The number of carboxylic acids is 2. The molecule has 2 heterocycles. The lowest BCUT2D eigenvalue weighted by Crippen LogP contribution is -2.38. The predicted molar refractivity (Wildman–Crippen MR) is 93.5 cm³/mol. The predicted octanol–water partition coefficient (Wildman–Crippen LogP) is 2.27. The summed E-state index contributed by atoms with van der Waals surface area (Å²) in [5, 5.41) is 16.9. The van der Waals surface area contributed by atoms with Gasteiger partial charge in [0.1, 0.15) is 0 Å². The lowest BCUT2D eigenvalue weighted by molar-refractivity contribution is -0.134. The first-order valence-electron chi connectivity index (χ1n) is 8.05. The fourth-order valence-corrected chi connectivity index (χ4v) is 2.71. The summed E-state index contributed by atoms with van der Waals surface area (Å²) in [6.45, 7) is 6.19. The quantitative estimate of drug-likeness (QED) is 0.734. The van der Waals surface area contributed by atoms with Gasteiger partial charge in [0.15, 0.2) is 0 Å². The number of H-pyrrole nitrogens is 1. The van der Waals surface area contributed by atoms with Gasteiger partial charge in [0.25, 0.3) is 0 Å². The molecule has 7 nitrogen and oxygen atoms in total. The maximum atomic E-state index is 9.55. The Labute approximate surface area is 145 Å². The molecule has 0 bridgehead atoms. The number of ether oxygens (including phenoxy) is 1. The molecule has 1 aliphatic heterocycles. The molecule has 3 N–H and O–H groups in total. The molecule has 7 heteroatoms. The Morgan fingerprint density at radius 3 is 2.64 bits per heavy atom. The number of fused-ring (bicyclic) bond motifs is 1. The molecule has 0 saturated carbocycles. The van der Waals surface area contributed by atoms with E-state index in [1.54, 1.807) is 0 Å². The van der Waals surface area contributed by atoms with Crippen LogP contribution in [0.4, 0.5) is 0 Å². The van der Waals surface area contributed by atoms with Gasteiger partial charge in [-0.2, -0.15) is 0 Å². The van der Waals surface area contributed by atoms with E-state index in [1.807, 2.05) is 6.20 Å². The minimum absolute atomic E-state index is 0.211. The molecular formula is C18H22N2O5. The van der Waals surface area contributed by atoms with Crippen LogP contribution >= 0.6 is 0 Å². The summed E-state index contributed by atoms with van der Waals surface area (Å²) >= 11 is 0. The van der Waals surface area contributed by atoms with Crippen molar-refractivity contribution in [3.63, 3.8) is 0 Å². The van der Waals surface area contributed by atoms with Crippen LogP contribution in [0.15, 0.2) is 42.6 Å². The average molecular weight is 346 g/mol. The van der Waals surface area contributed by atoms with Gasteiger partial charge in [-0.3, -0.25) is 4.90 Å². The number of aromatic nitrogens is 1. The summed E-state index contributed by atoms with van der Waals surface area (Å²) < 4.78 is 5.92. The second-order valence-electron chi connectivity index (χ2n) is 5.55. The van der Waals surface area contributed by atoms with Crippen molar-refractivity contribution in [2.24, 2.45) is 0 Å².